The molecule has 0 spiro atoms. The van der Waals surface area contributed by atoms with Crippen molar-refractivity contribution < 1.29 is 13.9 Å². The summed E-state index contributed by atoms with van der Waals surface area (Å²) in [6, 6.07) is 12.4. The molecule has 5 rings (SSSR count). The molecule has 2 saturated heterocycles. The molecular formula is C24H29FN4O3. The molecule has 8 heteroatoms. The Balaban J connectivity index is 1.08. The monoisotopic (exact) mass is 440 g/mol. The predicted octanol–water partition coefficient (Wildman–Crippen LogP) is 3.71. The van der Waals surface area contributed by atoms with E-state index in [0.29, 0.717) is 11.3 Å². The molecule has 3 N–H and O–H groups in total. The Morgan fingerprint density at radius 2 is 1.94 bits per heavy atom. The molecule has 32 heavy (non-hydrogen) atoms. The number of fused-ring (bicyclic) bond motifs is 1. The second-order valence-electron chi connectivity index (χ2n) is 8.87. The lowest BCUT2D eigenvalue weighted by molar-refractivity contribution is -0.455. The quantitative estimate of drug-likeness (QED) is 0.571. The first-order chi connectivity index (χ1) is 15.4. The van der Waals surface area contributed by atoms with E-state index in [4.69, 9.17) is 15.2 Å². The van der Waals surface area contributed by atoms with Crippen molar-refractivity contribution in [2.75, 3.05) is 25.4 Å². The number of hydrogen-bond donors (Lipinski definition) is 2. The smallest absolute Gasteiger partial charge is 0.326 e. The number of nitrogen functional groups attached to an aromatic ring is 1. The van der Waals surface area contributed by atoms with Crippen LogP contribution in [0.25, 0.3) is 11.0 Å². The number of nitrogens with one attached hydrogen (secondary N) is 1. The SMILES string of the molecule is CC1(c2ccc(F)cc2N)OC(CCCN2CCC(n3c(=O)[nH]c4ccccc43)CC2)O1. The van der Waals surface area contributed by atoms with Crippen LogP contribution in [0.5, 0.6) is 0 Å². The normalized spacial score (nSPS) is 24.6. The van der Waals surface area contributed by atoms with Crippen LogP contribution in [0.4, 0.5) is 10.1 Å². The van der Waals surface area contributed by atoms with Crippen molar-refractivity contribution in [3.63, 3.8) is 0 Å². The Morgan fingerprint density at radius 3 is 2.69 bits per heavy atom. The second kappa shape index (κ2) is 8.35. The van der Waals surface area contributed by atoms with E-state index in [0.717, 1.165) is 56.4 Å². The summed E-state index contributed by atoms with van der Waals surface area (Å²) in [4.78, 5) is 17.8. The molecule has 0 radical (unpaired) electrons. The van der Waals surface area contributed by atoms with Gasteiger partial charge in [-0.3, -0.25) is 4.57 Å². The van der Waals surface area contributed by atoms with E-state index >= 15 is 0 Å². The van der Waals surface area contributed by atoms with Crippen LogP contribution in [-0.4, -0.2) is 40.4 Å². The van der Waals surface area contributed by atoms with Crippen molar-refractivity contribution in [2.24, 2.45) is 0 Å². The molecule has 0 bridgehead atoms. The Kier molecular flexibility index (Phi) is 5.53. The first kappa shape index (κ1) is 21.2. The van der Waals surface area contributed by atoms with E-state index in [1.807, 2.05) is 35.8 Å². The number of piperidine rings is 1. The van der Waals surface area contributed by atoms with Crippen LogP contribution < -0.4 is 11.4 Å². The number of H-pyrrole nitrogens is 1. The average Bonchev–Trinajstić information content (AvgIpc) is 3.08. The molecule has 170 valence electrons. The van der Waals surface area contributed by atoms with E-state index in [9.17, 15) is 9.18 Å². The minimum Gasteiger partial charge on any atom is -0.398 e. The Hall–Kier alpha value is -2.68. The summed E-state index contributed by atoms with van der Waals surface area (Å²) in [6.45, 7) is 4.71. The first-order valence-corrected chi connectivity index (χ1v) is 11.3. The summed E-state index contributed by atoms with van der Waals surface area (Å²) >= 11 is 0. The van der Waals surface area contributed by atoms with Gasteiger partial charge in [-0.15, -0.1) is 0 Å². The second-order valence-corrected chi connectivity index (χ2v) is 8.87. The topological polar surface area (TPSA) is 85.5 Å². The number of hydrogen-bond acceptors (Lipinski definition) is 5. The third kappa shape index (κ3) is 3.94. The molecule has 7 nitrogen and oxygen atoms in total. The molecule has 3 aromatic rings. The van der Waals surface area contributed by atoms with Crippen molar-refractivity contribution >= 4 is 16.7 Å². The van der Waals surface area contributed by atoms with Crippen molar-refractivity contribution in [2.45, 2.75) is 50.7 Å². The maximum absolute atomic E-state index is 13.3. The lowest BCUT2D eigenvalue weighted by Gasteiger charge is -2.46. The number of likely N-dealkylation sites (tertiary alicyclic amines) is 1. The van der Waals surface area contributed by atoms with Gasteiger partial charge in [-0.2, -0.15) is 0 Å². The molecule has 2 aromatic carbocycles. The number of benzene rings is 2. The molecule has 3 heterocycles. The van der Waals surface area contributed by atoms with Gasteiger partial charge < -0.3 is 25.1 Å². The number of anilines is 1. The van der Waals surface area contributed by atoms with Crippen LogP contribution in [-0.2, 0) is 15.3 Å². The fourth-order valence-electron chi connectivity index (χ4n) is 5.02. The third-order valence-corrected chi connectivity index (χ3v) is 6.68. The highest BCUT2D eigenvalue weighted by atomic mass is 19.1. The number of aromatic nitrogens is 2. The number of aromatic amines is 1. The van der Waals surface area contributed by atoms with Gasteiger partial charge in [-0.1, -0.05) is 12.1 Å². The van der Waals surface area contributed by atoms with Crippen molar-refractivity contribution in [3.8, 4) is 0 Å². The highest BCUT2D eigenvalue weighted by Gasteiger charge is 2.45. The van der Waals surface area contributed by atoms with E-state index in [2.05, 4.69) is 9.88 Å². The maximum Gasteiger partial charge on any atom is 0.326 e. The number of nitrogens with zero attached hydrogens (tertiary/aromatic N) is 2. The molecule has 0 atom stereocenters. The largest absolute Gasteiger partial charge is 0.398 e. The van der Waals surface area contributed by atoms with Crippen LogP contribution >= 0.6 is 0 Å². The lowest BCUT2D eigenvalue weighted by atomic mass is 10.0. The predicted molar refractivity (Wildman–Crippen MR) is 121 cm³/mol. The lowest BCUT2D eigenvalue weighted by Crippen LogP contribution is -2.49. The number of imidazole rings is 1. The molecule has 0 saturated carbocycles. The molecule has 0 unspecified atom stereocenters. The minimum absolute atomic E-state index is 0.0197. The van der Waals surface area contributed by atoms with E-state index in [1.54, 1.807) is 6.07 Å². The zero-order valence-electron chi connectivity index (χ0n) is 18.2. The van der Waals surface area contributed by atoms with Gasteiger partial charge >= 0.3 is 5.69 Å². The van der Waals surface area contributed by atoms with E-state index in [1.165, 1.54) is 12.1 Å². The van der Waals surface area contributed by atoms with Crippen LogP contribution in [0.15, 0.2) is 47.3 Å². The number of halogens is 1. The van der Waals surface area contributed by atoms with Gasteiger partial charge in [0, 0.05) is 30.4 Å². The molecule has 2 fully saturated rings. The van der Waals surface area contributed by atoms with Gasteiger partial charge in [0.1, 0.15) is 5.82 Å². The summed E-state index contributed by atoms with van der Waals surface area (Å²) in [5.74, 6) is -1.28. The van der Waals surface area contributed by atoms with Gasteiger partial charge in [0.15, 0.2) is 12.1 Å². The first-order valence-electron chi connectivity index (χ1n) is 11.3. The summed E-state index contributed by atoms with van der Waals surface area (Å²) in [6.07, 6.45) is 3.39. The summed E-state index contributed by atoms with van der Waals surface area (Å²) in [5, 5.41) is 0. The van der Waals surface area contributed by atoms with Gasteiger partial charge in [-0.05, 0) is 69.5 Å². The van der Waals surface area contributed by atoms with E-state index in [-0.39, 0.29) is 23.8 Å². The molecule has 0 amide bonds. The number of rotatable bonds is 6. The Bertz CT molecular complexity index is 1160. The summed E-state index contributed by atoms with van der Waals surface area (Å²) in [7, 11) is 0. The summed E-state index contributed by atoms with van der Waals surface area (Å²) < 4.78 is 27.1. The fraction of sp³-hybridized carbons (Fsp3) is 0.458. The Morgan fingerprint density at radius 1 is 1.19 bits per heavy atom. The van der Waals surface area contributed by atoms with Crippen LogP contribution in [0.3, 0.4) is 0 Å². The minimum atomic E-state index is -0.909. The highest BCUT2D eigenvalue weighted by Crippen LogP contribution is 2.42. The highest BCUT2D eigenvalue weighted by molar-refractivity contribution is 5.75. The molecule has 2 aliphatic heterocycles. The Labute approximate surface area is 185 Å². The van der Waals surface area contributed by atoms with Gasteiger partial charge in [0.2, 0.25) is 0 Å². The van der Waals surface area contributed by atoms with E-state index < -0.39 is 5.79 Å². The number of ether oxygens (including phenoxy) is 2. The van der Waals surface area contributed by atoms with Crippen molar-refractivity contribution in [1.82, 2.24) is 14.5 Å². The fourth-order valence-corrected chi connectivity index (χ4v) is 5.02. The zero-order valence-corrected chi connectivity index (χ0v) is 18.2. The molecule has 1 aromatic heterocycles. The van der Waals surface area contributed by atoms with Crippen molar-refractivity contribution in [1.29, 1.82) is 0 Å². The number of nitrogens with two attached hydrogens (primary N) is 1. The average molecular weight is 441 g/mol. The van der Waals surface area contributed by atoms with Crippen molar-refractivity contribution in [3.05, 3.63) is 64.3 Å². The molecular weight excluding hydrogens is 411 g/mol. The van der Waals surface area contributed by atoms with Crippen LogP contribution in [0.1, 0.15) is 44.2 Å². The van der Waals surface area contributed by atoms with Gasteiger partial charge in [-0.25, -0.2) is 9.18 Å². The molecule has 0 aliphatic carbocycles. The number of para-hydroxylation sites is 2. The van der Waals surface area contributed by atoms with Crippen LogP contribution in [0, 0.1) is 5.82 Å². The maximum atomic E-state index is 13.3. The standard InChI is InChI=1S/C24H29FN4O3/c1-24(18-9-8-16(25)15-19(18)26)31-22(32-24)7-4-12-28-13-10-17(11-14-28)29-21-6-3-2-5-20(21)27-23(29)30/h2-3,5-6,8-9,15,17,22H,4,7,10-14,26H2,1H3,(H,27,30). The zero-order chi connectivity index (χ0) is 22.3. The van der Waals surface area contributed by atoms with Crippen LogP contribution in [0.2, 0.25) is 0 Å². The van der Waals surface area contributed by atoms with Gasteiger partial charge in [0.05, 0.1) is 11.0 Å². The van der Waals surface area contributed by atoms with Gasteiger partial charge in [0.25, 0.3) is 0 Å². The third-order valence-electron chi connectivity index (χ3n) is 6.68. The summed E-state index contributed by atoms with van der Waals surface area (Å²) in [5.41, 5.74) is 8.77. The molecule has 2 aliphatic rings.